The van der Waals surface area contributed by atoms with E-state index in [-0.39, 0.29) is 5.75 Å². The second-order valence-corrected chi connectivity index (χ2v) is 7.31. The molecule has 0 atom stereocenters. The average Bonchev–Trinajstić information content (AvgIpc) is 3.12. The van der Waals surface area contributed by atoms with Crippen molar-refractivity contribution in [2.24, 2.45) is 0 Å². The maximum absolute atomic E-state index is 11.9. The smallest absolute Gasteiger partial charge is 0.232 e. The molecule has 0 bridgehead atoms. The molecule has 1 aromatic carbocycles. The molecule has 1 aromatic rings. The molecule has 0 heterocycles. The van der Waals surface area contributed by atoms with Gasteiger partial charge in [0.1, 0.15) is 0 Å². The van der Waals surface area contributed by atoms with E-state index in [1.165, 1.54) is 18.9 Å². The molecule has 7 heteroatoms. The number of anilines is 1. The topological polar surface area (TPSA) is 58.2 Å². The van der Waals surface area contributed by atoms with Gasteiger partial charge < -0.3 is 5.32 Å². The molecule has 0 aliphatic heterocycles. The van der Waals surface area contributed by atoms with Crippen LogP contribution in [0.15, 0.2) is 18.2 Å². The first-order valence-electron chi connectivity index (χ1n) is 6.15. The lowest BCUT2D eigenvalue weighted by Gasteiger charge is -2.10. The predicted octanol–water partition coefficient (Wildman–Crippen LogP) is 2.88. The summed E-state index contributed by atoms with van der Waals surface area (Å²) in [6, 6.07) is 5.27. The van der Waals surface area contributed by atoms with Gasteiger partial charge in [-0.05, 0) is 44.0 Å². The Morgan fingerprint density at radius 2 is 2.00 bits per heavy atom. The molecule has 1 saturated carbocycles. The van der Waals surface area contributed by atoms with Crippen LogP contribution < -0.4 is 10.0 Å². The maximum atomic E-state index is 11.9. The molecule has 1 aliphatic rings. The number of sulfonamides is 1. The monoisotopic (exact) mass is 322 g/mol. The van der Waals surface area contributed by atoms with Gasteiger partial charge in [0.2, 0.25) is 10.0 Å². The van der Waals surface area contributed by atoms with Crippen molar-refractivity contribution in [2.45, 2.75) is 25.3 Å². The van der Waals surface area contributed by atoms with Crippen LogP contribution in [0.2, 0.25) is 10.0 Å². The maximum Gasteiger partial charge on any atom is 0.232 e. The lowest BCUT2D eigenvalue weighted by molar-refractivity contribution is 0.593. The molecule has 19 heavy (non-hydrogen) atoms. The highest BCUT2D eigenvalue weighted by Gasteiger charge is 2.20. The average molecular weight is 323 g/mol. The molecule has 4 nitrogen and oxygen atoms in total. The number of hydrogen-bond donors (Lipinski definition) is 2. The number of nitrogens with one attached hydrogen (secondary N) is 2. The zero-order chi connectivity index (χ0) is 13.9. The van der Waals surface area contributed by atoms with E-state index in [1.54, 1.807) is 12.1 Å². The van der Waals surface area contributed by atoms with Crippen LogP contribution in [-0.4, -0.2) is 26.8 Å². The van der Waals surface area contributed by atoms with Crippen LogP contribution in [0.25, 0.3) is 0 Å². The first kappa shape index (κ1) is 14.9. The molecule has 0 saturated heterocycles. The summed E-state index contributed by atoms with van der Waals surface area (Å²) in [5.41, 5.74) is 0.362. The number of halogens is 2. The van der Waals surface area contributed by atoms with Crippen LogP contribution in [0.5, 0.6) is 0 Å². The zero-order valence-corrected chi connectivity index (χ0v) is 12.7. The summed E-state index contributed by atoms with van der Waals surface area (Å²) in [5.74, 6) is 0.0751. The van der Waals surface area contributed by atoms with Crippen LogP contribution in [0, 0.1) is 0 Å². The molecular formula is C12H16Cl2N2O2S. The van der Waals surface area contributed by atoms with E-state index in [4.69, 9.17) is 23.2 Å². The van der Waals surface area contributed by atoms with E-state index in [9.17, 15) is 8.42 Å². The van der Waals surface area contributed by atoms with Gasteiger partial charge in [0.25, 0.3) is 0 Å². The van der Waals surface area contributed by atoms with Gasteiger partial charge in [-0.1, -0.05) is 23.2 Å². The molecule has 0 aromatic heterocycles. The van der Waals surface area contributed by atoms with E-state index in [2.05, 4.69) is 10.0 Å². The van der Waals surface area contributed by atoms with Crippen molar-refractivity contribution < 1.29 is 8.42 Å². The third-order valence-corrected chi connectivity index (χ3v) is 4.70. The first-order chi connectivity index (χ1) is 8.96. The fraction of sp³-hybridized carbons (Fsp3) is 0.500. The Kier molecular flexibility index (Phi) is 4.95. The van der Waals surface area contributed by atoms with Gasteiger partial charge in [-0.15, -0.1) is 0 Å². The summed E-state index contributed by atoms with van der Waals surface area (Å²) in [6.07, 6.45) is 2.98. The molecular weight excluding hydrogens is 307 g/mol. The quantitative estimate of drug-likeness (QED) is 0.759. The van der Waals surface area contributed by atoms with Crippen LogP contribution in [0.3, 0.4) is 0 Å². The van der Waals surface area contributed by atoms with Gasteiger partial charge in [-0.2, -0.15) is 0 Å². The molecule has 0 unspecified atom stereocenters. The van der Waals surface area contributed by atoms with Crippen LogP contribution >= 0.6 is 23.2 Å². The van der Waals surface area contributed by atoms with Gasteiger partial charge in [0.15, 0.2) is 0 Å². The molecule has 2 N–H and O–H groups in total. The standard InChI is InChI=1S/C12H16Cl2N2O2S/c13-9-2-5-12(11(14)8-9)16-19(17,18)7-1-6-15-10-3-4-10/h2,5,8,10,15-16H,1,3-4,6-7H2. The highest BCUT2D eigenvalue weighted by Crippen LogP contribution is 2.26. The molecule has 0 radical (unpaired) electrons. The van der Waals surface area contributed by atoms with Gasteiger partial charge in [0, 0.05) is 11.1 Å². The summed E-state index contributed by atoms with van der Waals surface area (Å²) < 4.78 is 26.2. The molecule has 0 spiro atoms. The third-order valence-electron chi connectivity index (χ3n) is 2.80. The van der Waals surface area contributed by atoms with Crippen molar-refractivity contribution in [1.82, 2.24) is 5.32 Å². The highest BCUT2D eigenvalue weighted by atomic mass is 35.5. The van der Waals surface area contributed by atoms with E-state index < -0.39 is 10.0 Å². The van der Waals surface area contributed by atoms with E-state index >= 15 is 0 Å². The lowest BCUT2D eigenvalue weighted by Crippen LogP contribution is -2.23. The lowest BCUT2D eigenvalue weighted by atomic mass is 10.3. The molecule has 1 aliphatic carbocycles. The second-order valence-electron chi connectivity index (χ2n) is 4.63. The zero-order valence-electron chi connectivity index (χ0n) is 10.3. The highest BCUT2D eigenvalue weighted by molar-refractivity contribution is 7.92. The van der Waals surface area contributed by atoms with Crippen molar-refractivity contribution in [3.8, 4) is 0 Å². The van der Waals surface area contributed by atoms with E-state index in [0.29, 0.717) is 28.2 Å². The molecule has 1 fully saturated rings. The van der Waals surface area contributed by atoms with Crippen molar-refractivity contribution in [1.29, 1.82) is 0 Å². The fourth-order valence-corrected chi connectivity index (χ4v) is 3.30. The molecule has 2 rings (SSSR count). The molecule has 106 valence electrons. The van der Waals surface area contributed by atoms with Crippen molar-refractivity contribution in [2.75, 3.05) is 17.0 Å². The normalized spacial score (nSPS) is 15.5. The largest absolute Gasteiger partial charge is 0.314 e. The Morgan fingerprint density at radius 1 is 1.26 bits per heavy atom. The second kappa shape index (κ2) is 6.31. The van der Waals surface area contributed by atoms with Gasteiger partial charge in [0.05, 0.1) is 16.5 Å². The van der Waals surface area contributed by atoms with Crippen LogP contribution in [0.1, 0.15) is 19.3 Å². The first-order valence-corrected chi connectivity index (χ1v) is 8.56. The minimum atomic E-state index is -3.37. The Balaban J connectivity index is 1.84. The Labute approximate surface area is 123 Å². The van der Waals surface area contributed by atoms with Crippen LogP contribution in [0.4, 0.5) is 5.69 Å². The summed E-state index contributed by atoms with van der Waals surface area (Å²) in [7, 11) is -3.37. The summed E-state index contributed by atoms with van der Waals surface area (Å²) in [4.78, 5) is 0. The van der Waals surface area contributed by atoms with Crippen molar-refractivity contribution in [3.63, 3.8) is 0 Å². The van der Waals surface area contributed by atoms with Gasteiger partial charge >= 0.3 is 0 Å². The van der Waals surface area contributed by atoms with E-state index in [0.717, 1.165) is 6.54 Å². The predicted molar refractivity (Wildman–Crippen MR) is 79.5 cm³/mol. The van der Waals surface area contributed by atoms with Crippen molar-refractivity contribution >= 4 is 38.9 Å². The Hall–Kier alpha value is -0.490. The summed E-state index contributed by atoms with van der Waals surface area (Å²) >= 11 is 11.7. The van der Waals surface area contributed by atoms with Crippen molar-refractivity contribution in [3.05, 3.63) is 28.2 Å². The Bertz CT molecular complexity index is 545. The van der Waals surface area contributed by atoms with E-state index in [1.807, 2.05) is 0 Å². The summed E-state index contributed by atoms with van der Waals surface area (Å²) in [5, 5.41) is 4.05. The van der Waals surface area contributed by atoms with Gasteiger partial charge in [-0.3, -0.25) is 4.72 Å². The minimum absolute atomic E-state index is 0.0751. The van der Waals surface area contributed by atoms with Crippen LogP contribution in [-0.2, 0) is 10.0 Å². The number of rotatable bonds is 7. The third kappa shape index (κ3) is 5.18. The summed E-state index contributed by atoms with van der Waals surface area (Å²) in [6.45, 7) is 0.722. The fourth-order valence-electron chi connectivity index (χ4n) is 1.65. The number of hydrogen-bond acceptors (Lipinski definition) is 3. The minimum Gasteiger partial charge on any atom is -0.314 e. The van der Waals surface area contributed by atoms with Gasteiger partial charge in [-0.25, -0.2) is 8.42 Å². The Morgan fingerprint density at radius 3 is 2.63 bits per heavy atom. The SMILES string of the molecule is O=S(=O)(CCCNC1CC1)Nc1ccc(Cl)cc1Cl. The number of benzene rings is 1. The molecule has 0 amide bonds.